The third-order valence-corrected chi connectivity index (χ3v) is 4.24. The van der Waals surface area contributed by atoms with E-state index in [-0.39, 0.29) is 11.6 Å². The van der Waals surface area contributed by atoms with Crippen molar-refractivity contribution in [2.75, 3.05) is 0 Å². The molecule has 1 aromatic carbocycles. The number of hydrogen-bond donors (Lipinski definition) is 2. The molecular weight excluding hydrogens is 289 g/mol. The second-order valence-corrected chi connectivity index (χ2v) is 6.49. The highest BCUT2D eigenvalue weighted by atomic mass is 32.1. The lowest BCUT2D eigenvalue weighted by atomic mass is 10.1. The van der Waals surface area contributed by atoms with Crippen LogP contribution < -0.4 is 5.32 Å². The fraction of sp³-hybridized carbons (Fsp3) is 0.312. The fourth-order valence-electron chi connectivity index (χ4n) is 2.10. The van der Waals surface area contributed by atoms with Crippen molar-refractivity contribution in [1.29, 1.82) is 0 Å². The molecule has 0 radical (unpaired) electrons. The molecule has 0 saturated carbocycles. The molecule has 0 bridgehead atoms. The van der Waals surface area contributed by atoms with Gasteiger partial charge in [-0.2, -0.15) is 0 Å². The minimum Gasteiger partial charge on any atom is -0.478 e. The third kappa shape index (κ3) is 4.37. The van der Waals surface area contributed by atoms with Gasteiger partial charge in [-0.05, 0) is 50.1 Å². The van der Waals surface area contributed by atoms with E-state index < -0.39 is 11.8 Å². The van der Waals surface area contributed by atoms with E-state index in [1.54, 1.807) is 17.4 Å². The van der Waals surface area contributed by atoms with Crippen LogP contribution in [0.25, 0.3) is 0 Å². The number of aryl methyl sites for hydroxylation is 1. The van der Waals surface area contributed by atoms with Crippen molar-refractivity contribution in [2.45, 2.75) is 32.9 Å². The average molecular weight is 307 g/mol. The Morgan fingerprint density at radius 2 is 2.14 bits per heavy atom. The lowest BCUT2D eigenvalue weighted by molar-refractivity contribution is 0.0692. The molecule has 2 N–H and O–H groups in total. The Balaban J connectivity index is 1.90. The number of thiophene rings is 1. The normalized spacial score (nSPS) is 12.3. The van der Waals surface area contributed by atoms with E-state index in [9.17, 15) is 9.18 Å². The maximum absolute atomic E-state index is 13.6. The van der Waals surface area contributed by atoms with Crippen molar-refractivity contribution >= 4 is 17.3 Å². The van der Waals surface area contributed by atoms with Crippen molar-refractivity contribution in [1.82, 2.24) is 5.32 Å². The van der Waals surface area contributed by atoms with E-state index in [4.69, 9.17) is 5.11 Å². The summed E-state index contributed by atoms with van der Waals surface area (Å²) in [6.45, 7) is 4.68. The van der Waals surface area contributed by atoms with Gasteiger partial charge in [0.25, 0.3) is 0 Å². The van der Waals surface area contributed by atoms with Crippen molar-refractivity contribution in [2.24, 2.45) is 0 Å². The molecular formula is C16H18FNO2S. The number of hydrogen-bond acceptors (Lipinski definition) is 3. The zero-order valence-corrected chi connectivity index (χ0v) is 12.8. The molecule has 2 rings (SSSR count). The van der Waals surface area contributed by atoms with Crippen LogP contribution in [0.3, 0.4) is 0 Å². The Bertz CT molecular complexity index is 639. The summed E-state index contributed by atoms with van der Waals surface area (Å²) >= 11 is 1.78. The zero-order valence-electron chi connectivity index (χ0n) is 12.0. The molecule has 0 aliphatic heterocycles. The number of rotatable bonds is 6. The van der Waals surface area contributed by atoms with E-state index in [2.05, 4.69) is 31.3 Å². The van der Waals surface area contributed by atoms with Crippen molar-refractivity contribution in [3.05, 3.63) is 57.0 Å². The maximum Gasteiger partial charge on any atom is 0.338 e. The van der Waals surface area contributed by atoms with E-state index in [0.29, 0.717) is 6.54 Å². The monoisotopic (exact) mass is 307 g/mol. The predicted molar refractivity (Wildman–Crippen MR) is 82.4 cm³/mol. The van der Waals surface area contributed by atoms with Crippen LogP contribution in [0, 0.1) is 12.7 Å². The van der Waals surface area contributed by atoms with Gasteiger partial charge < -0.3 is 10.4 Å². The third-order valence-electron chi connectivity index (χ3n) is 3.22. The Morgan fingerprint density at radius 1 is 1.38 bits per heavy atom. The van der Waals surface area contributed by atoms with Crippen molar-refractivity contribution in [3.8, 4) is 0 Å². The van der Waals surface area contributed by atoms with Gasteiger partial charge in [0.2, 0.25) is 0 Å². The molecule has 1 atom stereocenters. The summed E-state index contributed by atoms with van der Waals surface area (Å²) in [7, 11) is 0. The number of halogens is 1. The number of nitrogens with one attached hydrogen (secondary N) is 1. The van der Waals surface area contributed by atoms with E-state index in [0.717, 1.165) is 12.0 Å². The lowest BCUT2D eigenvalue weighted by Gasteiger charge is -2.13. The first-order valence-corrected chi connectivity index (χ1v) is 7.58. The van der Waals surface area contributed by atoms with Gasteiger partial charge in [0.1, 0.15) is 5.82 Å². The van der Waals surface area contributed by atoms with Gasteiger partial charge in [-0.1, -0.05) is 6.07 Å². The highest BCUT2D eigenvalue weighted by Crippen LogP contribution is 2.17. The molecule has 0 spiro atoms. The van der Waals surface area contributed by atoms with Gasteiger partial charge in [0.05, 0.1) is 5.56 Å². The van der Waals surface area contributed by atoms with Crippen LogP contribution in [0.5, 0.6) is 0 Å². The second-order valence-electron chi connectivity index (χ2n) is 5.12. The van der Waals surface area contributed by atoms with Crippen molar-refractivity contribution < 1.29 is 14.3 Å². The minimum absolute atomic E-state index is 0.269. The van der Waals surface area contributed by atoms with Gasteiger partial charge in [-0.25, -0.2) is 9.18 Å². The van der Waals surface area contributed by atoms with E-state index >= 15 is 0 Å². The van der Waals surface area contributed by atoms with Crippen LogP contribution in [0.4, 0.5) is 4.39 Å². The van der Waals surface area contributed by atoms with Gasteiger partial charge >= 0.3 is 5.97 Å². The molecule has 0 fully saturated rings. The van der Waals surface area contributed by atoms with Crippen LogP contribution >= 0.6 is 11.3 Å². The molecule has 3 nitrogen and oxygen atoms in total. The first-order chi connectivity index (χ1) is 9.95. The molecule has 21 heavy (non-hydrogen) atoms. The number of benzene rings is 1. The predicted octanol–water partition coefficient (Wildman–Crippen LogP) is 3.61. The molecule has 1 aromatic heterocycles. The first-order valence-electron chi connectivity index (χ1n) is 6.76. The summed E-state index contributed by atoms with van der Waals surface area (Å²) in [5, 5.41) is 12.1. The first kappa shape index (κ1) is 15.7. The van der Waals surface area contributed by atoms with Crippen LogP contribution in [0.2, 0.25) is 0 Å². The van der Waals surface area contributed by atoms with Crippen LogP contribution in [-0.2, 0) is 13.0 Å². The average Bonchev–Trinajstić information content (AvgIpc) is 2.81. The topological polar surface area (TPSA) is 49.3 Å². The quantitative estimate of drug-likeness (QED) is 0.857. The smallest absolute Gasteiger partial charge is 0.338 e. The number of aromatic carboxylic acids is 1. The molecule has 112 valence electrons. The van der Waals surface area contributed by atoms with Crippen LogP contribution in [-0.4, -0.2) is 17.1 Å². The molecule has 0 saturated heterocycles. The minimum atomic E-state index is -1.24. The van der Waals surface area contributed by atoms with Gasteiger partial charge in [-0.15, -0.1) is 11.3 Å². The summed E-state index contributed by atoms with van der Waals surface area (Å²) in [5.74, 6) is -1.93. The van der Waals surface area contributed by atoms with Crippen LogP contribution in [0.15, 0.2) is 30.3 Å². The maximum atomic E-state index is 13.6. The lowest BCUT2D eigenvalue weighted by Crippen LogP contribution is -2.27. The van der Waals surface area contributed by atoms with Crippen LogP contribution in [0.1, 0.15) is 32.6 Å². The molecule has 1 heterocycles. The summed E-state index contributed by atoms with van der Waals surface area (Å²) < 4.78 is 13.6. The number of carbonyl (C=O) groups is 1. The molecule has 5 heteroatoms. The van der Waals surface area contributed by atoms with Gasteiger partial charge in [-0.3, -0.25) is 0 Å². The molecule has 0 amide bonds. The molecule has 1 unspecified atom stereocenters. The summed E-state index contributed by atoms with van der Waals surface area (Å²) in [4.78, 5) is 13.4. The number of carboxylic acids is 1. The Hall–Kier alpha value is -1.72. The highest BCUT2D eigenvalue weighted by Gasteiger charge is 2.11. The molecule has 2 aromatic rings. The standard InChI is InChI=1S/C16H18FNO2S/c1-10(7-13-5-3-11(2)21-13)18-9-12-4-6-14(16(19)20)15(17)8-12/h3-6,8,10,18H,7,9H2,1-2H3,(H,19,20). The van der Waals surface area contributed by atoms with E-state index in [1.165, 1.54) is 21.9 Å². The zero-order chi connectivity index (χ0) is 15.4. The summed E-state index contributed by atoms with van der Waals surface area (Å²) in [6, 6.07) is 8.72. The second kappa shape index (κ2) is 6.83. The SMILES string of the molecule is Cc1ccc(CC(C)NCc2ccc(C(=O)O)c(F)c2)s1. The largest absolute Gasteiger partial charge is 0.478 e. The number of carboxylic acid groups (broad SMARTS) is 1. The van der Waals surface area contributed by atoms with E-state index in [1.807, 2.05) is 0 Å². The highest BCUT2D eigenvalue weighted by molar-refractivity contribution is 7.11. The van der Waals surface area contributed by atoms with Crippen molar-refractivity contribution in [3.63, 3.8) is 0 Å². The fourth-order valence-corrected chi connectivity index (χ4v) is 3.12. The Kier molecular flexibility index (Phi) is 5.09. The van der Waals surface area contributed by atoms with Gasteiger partial charge in [0, 0.05) is 22.3 Å². The Labute approximate surface area is 127 Å². The summed E-state index contributed by atoms with van der Waals surface area (Å²) in [5.41, 5.74) is 0.451. The molecule has 0 aliphatic rings. The Morgan fingerprint density at radius 3 is 2.71 bits per heavy atom. The summed E-state index contributed by atoms with van der Waals surface area (Å²) in [6.07, 6.45) is 0.925. The molecule has 0 aliphatic carbocycles. The van der Waals surface area contributed by atoms with Gasteiger partial charge in [0.15, 0.2) is 0 Å².